The maximum Gasteiger partial charge on any atom is 0.146 e. The summed E-state index contributed by atoms with van der Waals surface area (Å²) in [6.45, 7) is 1.93. The summed E-state index contributed by atoms with van der Waals surface area (Å²) in [7, 11) is 2.16. The number of aromatic nitrogens is 2. The van der Waals surface area contributed by atoms with Gasteiger partial charge in [0.2, 0.25) is 0 Å². The number of anilines is 1. The maximum atomic E-state index is 6.00. The fourth-order valence-corrected chi connectivity index (χ4v) is 3.90. The topological polar surface area (TPSA) is 55.0 Å². The lowest BCUT2D eigenvalue weighted by Gasteiger charge is -2.26. The van der Waals surface area contributed by atoms with Gasteiger partial charge in [0, 0.05) is 6.54 Å². The van der Waals surface area contributed by atoms with Crippen LogP contribution in [0.4, 0.5) is 5.82 Å². The molecule has 2 aromatic heterocycles. The van der Waals surface area contributed by atoms with E-state index in [1.807, 2.05) is 11.4 Å². The lowest BCUT2D eigenvalue weighted by atomic mass is 9.89. The average molecular weight is 290 g/mol. The van der Waals surface area contributed by atoms with Crippen molar-refractivity contribution in [2.75, 3.05) is 19.3 Å². The third-order valence-electron chi connectivity index (χ3n) is 4.11. The van der Waals surface area contributed by atoms with Crippen LogP contribution in [-0.2, 0) is 6.54 Å². The Kier molecular flexibility index (Phi) is 4.17. The highest BCUT2D eigenvalue weighted by Crippen LogP contribution is 2.25. The van der Waals surface area contributed by atoms with E-state index in [0.717, 1.165) is 35.0 Å². The monoisotopic (exact) mass is 290 g/mol. The van der Waals surface area contributed by atoms with Gasteiger partial charge in [-0.25, -0.2) is 9.97 Å². The molecule has 4 nitrogen and oxygen atoms in total. The van der Waals surface area contributed by atoms with Gasteiger partial charge in [-0.3, -0.25) is 4.90 Å². The van der Waals surface area contributed by atoms with Crippen molar-refractivity contribution in [2.45, 2.75) is 38.6 Å². The van der Waals surface area contributed by atoms with Gasteiger partial charge in [0.05, 0.1) is 11.9 Å². The number of thiophene rings is 1. The summed E-state index contributed by atoms with van der Waals surface area (Å²) in [5.41, 5.74) is 6.00. The molecule has 1 fully saturated rings. The van der Waals surface area contributed by atoms with Crippen LogP contribution in [0.1, 0.15) is 37.9 Å². The van der Waals surface area contributed by atoms with Crippen molar-refractivity contribution in [3.8, 4) is 0 Å². The Labute approximate surface area is 124 Å². The molecule has 0 saturated heterocycles. The molecule has 2 heterocycles. The van der Waals surface area contributed by atoms with E-state index in [4.69, 9.17) is 5.73 Å². The molecule has 108 valence electrons. The zero-order chi connectivity index (χ0) is 13.9. The minimum absolute atomic E-state index is 0.609. The first kappa shape index (κ1) is 13.8. The molecule has 0 radical (unpaired) electrons. The zero-order valence-electron chi connectivity index (χ0n) is 12.0. The molecule has 1 saturated carbocycles. The van der Waals surface area contributed by atoms with E-state index in [9.17, 15) is 0 Å². The van der Waals surface area contributed by atoms with Gasteiger partial charge < -0.3 is 5.73 Å². The number of nitrogens with two attached hydrogens (primary N) is 1. The molecule has 0 spiro atoms. The number of rotatable bonds is 4. The molecule has 3 rings (SSSR count). The van der Waals surface area contributed by atoms with E-state index in [0.29, 0.717) is 5.82 Å². The third kappa shape index (κ3) is 3.10. The van der Waals surface area contributed by atoms with E-state index in [2.05, 4.69) is 21.9 Å². The van der Waals surface area contributed by atoms with Crippen LogP contribution in [0.15, 0.2) is 11.4 Å². The predicted molar refractivity (Wildman–Crippen MR) is 84.7 cm³/mol. The van der Waals surface area contributed by atoms with E-state index >= 15 is 0 Å². The van der Waals surface area contributed by atoms with Crippen molar-refractivity contribution in [1.29, 1.82) is 0 Å². The highest BCUT2D eigenvalue weighted by Gasteiger charge is 2.16. The lowest BCUT2D eigenvalue weighted by Crippen LogP contribution is -2.27. The van der Waals surface area contributed by atoms with E-state index < -0.39 is 0 Å². The minimum atomic E-state index is 0.609. The Bertz CT molecular complexity index is 574. The molecular weight excluding hydrogens is 268 g/mol. The van der Waals surface area contributed by atoms with Crippen LogP contribution >= 0.6 is 11.3 Å². The predicted octanol–water partition coefficient (Wildman–Crippen LogP) is 3.29. The fourth-order valence-electron chi connectivity index (χ4n) is 3.11. The number of fused-ring (bicyclic) bond motifs is 1. The summed E-state index contributed by atoms with van der Waals surface area (Å²) in [4.78, 5) is 12.4. The van der Waals surface area contributed by atoms with Crippen LogP contribution in [0.3, 0.4) is 0 Å². The van der Waals surface area contributed by atoms with Gasteiger partial charge in [-0.15, -0.1) is 11.3 Å². The number of hydrogen-bond acceptors (Lipinski definition) is 5. The highest BCUT2D eigenvalue weighted by molar-refractivity contribution is 7.16. The van der Waals surface area contributed by atoms with Gasteiger partial charge in [-0.1, -0.05) is 19.3 Å². The van der Waals surface area contributed by atoms with Crippen molar-refractivity contribution in [3.05, 3.63) is 17.3 Å². The number of hydrogen-bond donors (Lipinski definition) is 1. The van der Waals surface area contributed by atoms with Crippen molar-refractivity contribution in [2.24, 2.45) is 5.92 Å². The van der Waals surface area contributed by atoms with Crippen LogP contribution < -0.4 is 5.73 Å². The highest BCUT2D eigenvalue weighted by atomic mass is 32.1. The molecule has 0 atom stereocenters. The molecule has 0 aliphatic heterocycles. The molecule has 1 aliphatic carbocycles. The summed E-state index contributed by atoms with van der Waals surface area (Å²) in [5.74, 6) is 2.30. The molecule has 0 bridgehead atoms. The smallest absolute Gasteiger partial charge is 0.146 e. The van der Waals surface area contributed by atoms with Crippen LogP contribution in [0.25, 0.3) is 10.2 Å². The van der Waals surface area contributed by atoms with Gasteiger partial charge in [0.15, 0.2) is 0 Å². The number of nitrogens with zero attached hydrogens (tertiary/aromatic N) is 3. The standard InChI is InChI=1S/C15H22N4S/c1-19(9-11-5-3-2-4-6-11)10-13-17-14(16)12-7-8-20-15(12)18-13/h7-8,11H,2-6,9-10H2,1H3,(H2,16,17,18). The Morgan fingerprint density at radius 2 is 2.10 bits per heavy atom. The second-order valence-corrected chi connectivity index (χ2v) is 6.76. The summed E-state index contributed by atoms with van der Waals surface area (Å²) in [6, 6.07) is 1.99. The first-order valence-electron chi connectivity index (χ1n) is 7.40. The average Bonchev–Trinajstić information content (AvgIpc) is 2.88. The molecule has 0 aromatic carbocycles. The molecule has 1 aliphatic rings. The van der Waals surface area contributed by atoms with E-state index in [1.165, 1.54) is 32.1 Å². The van der Waals surface area contributed by atoms with Gasteiger partial charge in [-0.05, 0) is 37.3 Å². The molecule has 2 aromatic rings. The molecule has 20 heavy (non-hydrogen) atoms. The number of nitrogen functional groups attached to an aromatic ring is 1. The van der Waals surface area contributed by atoms with Crippen LogP contribution in [0.2, 0.25) is 0 Å². The third-order valence-corrected chi connectivity index (χ3v) is 4.91. The second-order valence-electron chi connectivity index (χ2n) is 5.87. The Morgan fingerprint density at radius 1 is 1.30 bits per heavy atom. The van der Waals surface area contributed by atoms with Gasteiger partial charge in [-0.2, -0.15) is 0 Å². The largest absolute Gasteiger partial charge is 0.383 e. The minimum Gasteiger partial charge on any atom is -0.383 e. The summed E-state index contributed by atoms with van der Waals surface area (Å²) < 4.78 is 0. The van der Waals surface area contributed by atoms with E-state index in [-0.39, 0.29) is 0 Å². The Morgan fingerprint density at radius 3 is 2.90 bits per heavy atom. The maximum absolute atomic E-state index is 6.00. The van der Waals surface area contributed by atoms with Gasteiger partial charge >= 0.3 is 0 Å². The van der Waals surface area contributed by atoms with Crippen molar-refractivity contribution in [3.63, 3.8) is 0 Å². The molecule has 2 N–H and O–H groups in total. The zero-order valence-corrected chi connectivity index (χ0v) is 12.8. The fraction of sp³-hybridized carbons (Fsp3) is 0.600. The van der Waals surface area contributed by atoms with Gasteiger partial charge in [0.25, 0.3) is 0 Å². The van der Waals surface area contributed by atoms with Crippen molar-refractivity contribution >= 4 is 27.4 Å². The SMILES string of the molecule is CN(Cc1nc(N)c2ccsc2n1)CC1CCCCC1. The summed E-state index contributed by atoms with van der Waals surface area (Å²) in [6.07, 6.45) is 6.94. The lowest BCUT2D eigenvalue weighted by molar-refractivity contribution is 0.224. The quantitative estimate of drug-likeness (QED) is 0.939. The van der Waals surface area contributed by atoms with E-state index in [1.54, 1.807) is 11.3 Å². The van der Waals surface area contributed by atoms with Crippen molar-refractivity contribution in [1.82, 2.24) is 14.9 Å². The van der Waals surface area contributed by atoms with Crippen LogP contribution in [0, 0.1) is 5.92 Å². The Balaban J connectivity index is 1.65. The summed E-state index contributed by atoms with van der Waals surface area (Å²) in [5, 5.41) is 3.00. The first-order chi connectivity index (χ1) is 9.72. The molecule has 0 unspecified atom stereocenters. The summed E-state index contributed by atoms with van der Waals surface area (Å²) >= 11 is 1.63. The first-order valence-corrected chi connectivity index (χ1v) is 8.28. The van der Waals surface area contributed by atoms with Crippen molar-refractivity contribution < 1.29 is 0 Å². The molecular formula is C15H22N4S. The van der Waals surface area contributed by atoms with Crippen LogP contribution in [-0.4, -0.2) is 28.5 Å². The van der Waals surface area contributed by atoms with Gasteiger partial charge in [0.1, 0.15) is 16.5 Å². The second kappa shape index (κ2) is 6.06. The Hall–Kier alpha value is -1.20. The molecule has 0 amide bonds. The normalized spacial score (nSPS) is 17.1. The van der Waals surface area contributed by atoms with Crippen LogP contribution in [0.5, 0.6) is 0 Å². The molecule has 5 heteroatoms.